The van der Waals surface area contributed by atoms with Crippen molar-refractivity contribution < 1.29 is 24.2 Å². The molecular weight excluding hydrogens is 226 g/mol. The minimum Gasteiger partial charge on any atom is -0.481 e. The fourth-order valence-electron chi connectivity index (χ4n) is 1.20. The summed E-state index contributed by atoms with van der Waals surface area (Å²) in [5, 5.41) is 8.69. The van der Waals surface area contributed by atoms with Crippen LogP contribution in [0.15, 0.2) is 0 Å². The Kier molecular flexibility index (Phi) is 6.12. The Bertz CT molecular complexity index is 272. The molecule has 2 atom stereocenters. The highest BCUT2D eigenvalue weighted by molar-refractivity contribution is 5.78. The van der Waals surface area contributed by atoms with Gasteiger partial charge in [0.1, 0.15) is 11.6 Å². The molecule has 0 aliphatic heterocycles. The van der Waals surface area contributed by atoms with Gasteiger partial charge in [0.25, 0.3) is 0 Å². The van der Waals surface area contributed by atoms with E-state index in [4.69, 9.17) is 20.3 Å². The molecule has 0 bridgehead atoms. The van der Waals surface area contributed by atoms with Gasteiger partial charge in [-0.15, -0.1) is 0 Å². The number of carbonyl (C=O) groups is 2. The molecule has 0 aromatic rings. The average molecular weight is 247 g/mol. The van der Waals surface area contributed by atoms with Gasteiger partial charge in [-0.2, -0.15) is 0 Å². The Labute approximate surface area is 101 Å². The predicted octanol–water partition coefficient (Wildman–Crippen LogP) is 0.535. The van der Waals surface area contributed by atoms with Crippen LogP contribution >= 0.6 is 0 Å². The third-order valence-corrected chi connectivity index (χ3v) is 1.84. The predicted molar refractivity (Wildman–Crippen MR) is 61.5 cm³/mol. The van der Waals surface area contributed by atoms with Gasteiger partial charge in [-0.1, -0.05) is 0 Å². The summed E-state index contributed by atoms with van der Waals surface area (Å²) < 4.78 is 10.2. The molecule has 3 N–H and O–H groups in total. The summed E-state index contributed by atoms with van der Waals surface area (Å²) in [6, 6.07) is -1.09. The Hall–Kier alpha value is -1.14. The maximum absolute atomic E-state index is 11.6. The number of carbonyl (C=O) groups excluding carboxylic acids is 1. The lowest BCUT2D eigenvalue weighted by Gasteiger charge is -2.26. The third kappa shape index (κ3) is 6.91. The van der Waals surface area contributed by atoms with Gasteiger partial charge in [0, 0.05) is 6.61 Å². The van der Waals surface area contributed by atoms with Crippen LogP contribution in [0.3, 0.4) is 0 Å². The second-order valence-corrected chi connectivity index (χ2v) is 4.65. The average Bonchev–Trinajstić information content (AvgIpc) is 2.12. The normalized spacial score (nSPS) is 15.1. The lowest BCUT2D eigenvalue weighted by Crippen LogP contribution is -2.47. The molecule has 0 rings (SSSR count). The molecule has 100 valence electrons. The van der Waals surface area contributed by atoms with Crippen LogP contribution in [-0.4, -0.2) is 41.4 Å². The van der Waals surface area contributed by atoms with Gasteiger partial charge >= 0.3 is 11.9 Å². The Morgan fingerprint density at radius 3 is 2.24 bits per heavy atom. The summed E-state index contributed by atoms with van der Waals surface area (Å²) in [6.45, 7) is 7.13. The molecule has 17 heavy (non-hydrogen) atoms. The van der Waals surface area contributed by atoms with Crippen molar-refractivity contribution in [1.82, 2.24) is 0 Å². The minimum atomic E-state index is -1.09. The van der Waals surface area contributed by atoms with Gasteiger partial charge in [0.05, 0.1) is 12.5 Å². The first-order valence-electron chi connectivity index (χ1n) is 5.49. The van der Waals surface area contributed by atoms with Crippen LogP contribution in [-0.2, 0) is 19.1 Å². The molecule has 6 heteroatoms. The van der Waals surface area contributed by atoms with Crippen LogP contribution in [0.2, 0.25) is 0 Å². The van der Waals surface area contributed by atoms with Gasteiger partial charge < -0.3 is 20.3 Å². The Morgan fingerprint density at radius 1 is 1.35 bits per heavy atom. The van der Waals surface area contributed by atoms with E-state index in [9.17, 15) is 9.59 Å². The van der Waals surface area contributed by atoms with Crippen molar-refractivity contribution in [1.29, 1.82) is 0 Å². The smallest absolute Gasteiger partial charge is 0.326 e. The zero-order valence-corrected chi connectivity index (χ0v) is 10.7. The molecule has 0 saturated carbocycles. The van der Waals surface area contributed by atoms with Crippen molar-refractivity contribution >= 4 is 11.9 Å². The van der Waals surface area contributed by atoms with E-state index < -0.39 is 29.7 Å². The van der Waals surface area contributed by atoms with Gasteiger partial charge in [-0.3, -0.25) is 9.59 Å². The SMILES string of the molecule is CCO[C@@H](CC(=O)O)C(N)C(=O)OC(C)(C)C. The number of aliphatic carboxylic acids is 1. The van der Waals surface area contributed by atoms with Crippen molar-refractivity contribution in [3.63, 3.8) is 0 Å². The number of nitrogens with two attached hydrogens (primary N) is 1. The Balaban J connectivity index is 4.54. The lowest BCUT2D eigenvalue weighted by molar-refractivity contribution is -0.161. The van der Waals surface area contributed by atoms with E-state index >= 15 is 0 Å². The maximum Gasteiger partial charge on any atom is 0.326 e. The molecule has 0 aromatic heterocycles. The topological polar surface area (TPSA) is 98.9 Å². The number of carboxylic acids is 1. The zero-order valence-electron chi connectivity index (χ0n) is 10.7. The molecule has 0 amide bonds. The monoisotopic (exact) mass is 247 g/mol. The van der Waals surface area contributed by atoms with Crippen LogP contribution in [0.1, 0.15) is 34.1 Å². The van der Waals surface area contributed by atoms with Crippen LogP contribution in [0.4, 0.5) is 0 Å². The summed E-state index contributed by atoms with van der Waals surface area (Å²) in [4.78, 5) is 22.2. The van der Waals surface area contributed by atoms with E-state index in [2.05, 4.69) is 0 Å². The number of hydrogen-bond donors (Lipinski definition) is 2. The van der Waals surface area contributed by atoms with Crippen molar-refractivity contribution in [2.45, 2.75) is 51.9 Å². The highest BCUT2D eigenvalue weighted by atomic mass is 16.6. The molecule has 0 heterocycles. The largest absolute Gasteiger partial charge is 0.481 e. The summed E-state index contributed by atoms with van der Waals surface area (Å²) in [7, 11) is 0. The quantitative estimate of drug-likeness (QED) is 0.664. The lowest BCUT2D eigenvalue weighted by atomic mass is 10.1. The zero-order chi connectivity index (χ0) is 13.6. The summed E-state index contributed by atoms with van der Waals surface area (Å²) in [5.74, 6) is -1.72. The summed E-state index contributed by atoms with van der Waals surface area (Å²) >= 11 is 0. The number of hydrogen-bond acceptors (Lipinski definition) is 5. The molecule has 0 radical (unpaired) electrons. The molecule has 0 aromatic carbocycles. The van der Waals surface area contributed by atoms with Crippen LogP contribution in [0.5, 0.6) is 0 Å². The molecule has 0 aliphatic rings. The van der Waals surface area contributed by atoms with E-state index in [-0.39, 0.29) is 13.0 Å². The minimum absolute atomic E-state index is 0.286. The number of carboxylic acid groups (broad SMARTS) is 1. The molecule has 0 spiro atoms. The van der Waals surface area contributed by atoms with Crippen molar-refractivity contribution in [3.05, 3.63) is 0 Å². The number of ether oxygens (including phenoxy) is 2. The first kappa shape index (κ1) is 15.9. The molecule has 0 fully saturated rings. The number of esters is 1. The van der Waals surface area contributed by atoms with E-state index in [1.54, 1.807) is 27.7 Å². The molecule has 0 saturated heterocycles. The summed E-state index contributed by atoms with van der Waals surface area (Å²) in [5.41, 5.74) is 4.98. The van der Waals surface area contributed by atoms with Crippen LogP contribution < -0.4 is 5.73 Å². The van der Waals surface area contributed by atoms with E-state index in [1.165, 1.54) is 0 Å². The molecule has 1 unspecified atom stereocenters. The highest BCUT2D eigenvalue weighted by Gasteiger charge is 2.31. The fraction of sp³-hybridized carbons (Fsp3) is 0.818. The van der Waals surface area contributed by atoms with Gasteiger partial charge in [0.15, 0.2) is 0 Å². The second-order valence-electron chi connectivity index (χ2n) is 4.65. The van der Waals surface area contributed by atoms with Crippen LogP contribution in [0, 0.1) is 0 Å². The van der Waals surface area contributed by atoms with Gasteiger partial charge in [0.2, 0.25) is 0 Å². The second kappa shape index (κ2) is 6.56. The van der Waals surface area contributed by atoms with Gasteiger partial charge in [-0.05, 0) is 27.7 Å². The number of rotatable bonds is 6. The molecule has 6 nitrogen and oxygen atoms in total. The molecular formula is C11H21NO5. The fourth-order valence-corrected chi connectivity index (χ4v) is 1.20. The maximum atomic E-state index is 11.6. The first-order valence-corrected chi connectivity index (χ1v) is 5.49. The Morgan fingerprint density at radius 2 is 1.88 bits per heavy atom. The third-order valence-electron chi connectivity index (χ3n) is 1.84. The standard InChI is InChI=1S/C11H21NO5/c1-5-16-7(6-8(13)14)9(12)10(15)17-11(2,3)4/h7,9H,5-6,12H2,1-4H3,(H,13,14)/t7-,9?/m0/s1. The van der Waals surface area contributed by atoms with Crippen molar-refractivity contribution in [2.24, 2.45) is 5.73 Å². The first-order chi connectivity index (χ1) is 7.67. The van der Waals surface area contributed by atoms with Crippen molar-refractivity contribution in [3.8, 4) is 0 Å². The van der Waals surface area contributed by atoms with E-state index in [0.29, 0.717) is 0 Å². The van der Waals surface area contributed by atoms with E-state index in [1.807, 2.05) is 0 Å². The van der Waals surface area contributed by atoms with Crippen LogP contribution in [0.25, 0.3) is 0 Å². The van der Waals surface area contributed by atoms with Crippen molar-refractivity contribution in [2.75, 3.05) is 6.61 Å². The molecule has 0 aliphatic carbocycles. The highest BCUT2D eigenvalue weighted by Crippen LogP contribution is 2.11. The van der Waals surface area contributed by atoms with E-state index in [0.717, 1.165) is 0 Å². The summed E-state index contributed by atoms with van der Waals surface area (Å²) in [6.07, 6.45) is -1.19. The van der Waals surface area contributed by atoms with Gasteiger partial charge in [-0.25, -0.2) is 0 Å².